The zero-order chi connectivity index (χ0) is 9.03. The standard InChI is InChI=1S/C10H18N2/c1-3-12(4-2)10(9-11)7-5-6-8-10/h3-8H2,1-2H3. The molecule has 0 spiro atoms. The molecule has 0 radical (unpaired) electrons. The predicted molar refractivity (Wildman–Crippen MR) is 49.7 cm³/mol. The van der Waals surface area contributed by atoms with Crippen molar-refractivity contribution in [2.75, 3.05) is 13.1 Å². The smallest absolute Gasteiger partial charge is 0.109 e. The molecule has 2 heteroatoms. The lowest BCUT2D eigenvalue weighted by Crippen LogP contribution is -2.45. The van der Waals surface area contributed by atoms with Gasteiger partial charge in [-0.05, 0) is 25.9 Å². The first-order valence-corrected chi connectivity index (χ1v) is 4.95. The van der Waals surface area contributed by atoms with Crippen LogP contribution in [0.25, 0.3) is 0 Å². The van der Waals surface area contributed by atoms with Crippen molar-refractivity contribution in [1.29, 1.82) is 5.26 Å². The van der Waals surface area contributed by atoms with E-state index in [1.807, 2.05) is 0 Å². The fourth-order valence-corrected chi connectivity index (χ4v) is 2.29. The molecule has 0 aromatic rings. The molecule has 0 N–H and O–H groups in total. The molecule has 0 aromatic carbocycles. The summed E-state index contributed by atoms with van der Waals surface area (Å²) in [6.45, 7) is 6.29. The molecule has 1 aliphatic carbocycles. The van der Waals surface area contributed by atoms with E-state index < -0.39 is 0 Å². The van der Waals surface area contributed by atoms with Crippen molar-refractivity contribution in [3.8, 4) is 6.07 Å². The minimum Gasteiger partial charge on any atom is -0.286 e. The molecule has 0 bridgehead atoms. The molecular weight excluding hydrogens is 148 g/mol. The van der Waals surface area contributed by atoms with E-state index in [-0.39, 0.29) is 5.54 Å². The Balaban J connectivity index is 2.71. The number of hydrogen-bond acceptors (Lipinski definition) is 2. The van der Waals surface area contributed by atoms with Crippen molar-refractivity contribution in [2.45, 2.75) is 45.1 Å². The molecule has 0 amide bonds. The van der Waals surface area contributed by atoms with Gasteiger partial charge in [0.15, 0.2) is 0 Å². The molecule has 12 heavy (non-hydrogen) atoms. The van der Waals surface area contributed by atoms with Crippen LogP contribution in [0.4, 0.5) is 0 Å². The normalized spacial score (nSPS) is 21.2. The van der Waals surface area contributed by atoms with E-state index in [0.29, 0.717) is 0 Å². The largest absolute Gasteiger partial charge is 0.286 e. The minimum atomic E-state index is -0.108. The highest BCUT2D eigenvalue weighted by Crippen LogP contribution is 2.34. The number of nitrogens with zero attached hydrogens (tertiary/aromatic N) is 2. The van der Waals surface area contributed by atoms with Crippen LogP contribution in [0.15, 0.2) is 0 Å². The summed E-state index contributed by atoms with van der Waals surface area (Å²) < 4.78 is 0. The summed E-state index contributed by atoms with van der Waals surface area (Å²) >= 11 is 0. The molecular formula is C10H18N2. The maximum absolute atomic E-state index is 9.16. The van der Waals surface area contributed by atoms with Gasteiger partial charge in [-0.2, -0.15) is 5.26 Å². The van der Waals surface area contributed by atoms with Gasteiger partial charge in [0.25, 0.3) is 0 Å². The van der Waals surface area contributed by atoms with Gasteiger partial charge in [0.2, 0.25) is 0 Å². The zero-order valence-electron chi connectivity index (χ0n) is 8.14. The fourth-order valence-electron chi connectivity index (χ4n) is 2.29. The second-order valence-electron chi connectivity index (χ2n) is 3.52. The van der Waals surface area contributed by atoms with Gasteiger partial charge in [-0.15, -0.1) is 0 Å². The first-order valence-electron chi connectivity index (χ1n) is 4.95. The Labute approximate surface area is 75.2 Å². The summed E-state index contributed by atoms with van der Waals surface area (Å²) in [5.74, 6) is 0. The molecule has 0 unspecified atom stereocenters. The SMILES string of the molecule is CCN(CC)C1(C#N)CCCC1. The van der Waals surface area contributed by atoms with E-state index in [4.69, 9.17) is 5.26 Å². The molecule has 0 heterocycles. The molecule has 0 aliphatic heterocycles. The van der Waals surface area contributed by atoms with Crippen LogP contribution >= 0.6 is 0 Å². The van der Waals surface area contributed by atoms with Crippen molar-refractivity contribution in [3.05, 3.63) is 0 Å². The maximum Gasteiger partial charge on any atom is 0.109 e. The van der Waals surface area contributed by atoms with Crippen LogP contribution < -0.4 is 0 Å². The molecule has 68 valence electrons. The first-order chi connectivity index (χ1) is 5.79. The van der Waals surface area contributed by atoms with Gasteiger partial charge >= 0.3 is 0 Å². The number of nitriles is 1. The van der Waals surface area contributed by atoms with Crippen molar-refractivity contribution in [3.63, 3.8) is 0 Å². The lowest BCUT2D eigenvalue weighted by molar-refractivity contribution is 0.158. The molecule has 0 atom stereocenters. The fraction of sp³-hybridized carbons (Fsp3) is 0.900. The molecule has 1 rings (SSSR count). The number of rotatable bonds is 3. The van der Waals surface area contributed by atoms with Crippen molar-refractivity contribution in [1.82, 2.24) is 4.90 Å². The summed E-state index contributed by atoms with van der Waals surface area (Å²) in [5.41, 5.74) is -0.108. The summed E-state index contributed by atoms with van der Waals surface area (Å²) in [6.07, 6.45) is 4.60. The van der Waals surface area contributed by atoms with E-state index in [2.05, 4.69) is 24.8 Å². The van der Waals surface area contributed by atoms with Gasteiger partial charge in [-0.1, -0.05) is 26.7 Å². The van der Waals surface area contributed by atoms with Crippen LogP contribution in [0.2, 0.25) is 0 Å². The van der Waals surface area contributed by atoms with E-state index in [0.717, 1.165) is 25.9 Å². The average Bonchev–Trinajstić information content (AvgIpc) is 2.56. The van der Waals surface area contributed by atoms with Gasteiger partial charge in [-0.25, -0.2) is 0 Å². The van der Waals surface area contributed by atoms with Crippen molar-refractivity contribution in [2.24, 2.45) is 0 Å². The Bertz CT molecular complexity index is 171. The van der Waals surface area contributed by atoms with Gasteiger partial charge in [0, 0.05) is 0 Å². The van der Waals surface area contributed by atoms with Gasteiger partial charge in [0.1, 0.15) is 5.54 Å². The molecule has 1 saturated carbocycles. The van der Waals surface area contributed by atoms with Crippen LogP contribution in [0.5, 0.6) is 0 Å². The quantitative estimate of drug-likeness (QED) is 0.642. The predicted octanol–water partition coefficient (Wildman–Crippen LogP) is 2.16. The summed E-state index contributed by atoms with van der Waals surface area (Å²) in [5, 5.41) is 9.16. The lowest BCUT2D eigenvalue weighted by Gasteiger charge is -2.33. The summed E-state index contributed by atoms with van der Waals surface area (Å²) in [7, 11) is 0. The maximum atomic E-state index is 9.16. The van der Waals surface area contributed by atoms with E-state index in [1.54, 1.807) is 0 Å². The third-order valence-corrected chi connectivity index (χ3v) is 3.01. The summed E-state index contributed by atoms with van der Waals surface area (Å²) in [6, 6.07) is 2.51. The Morgan fingerprint density at radius 1 is 1.25 bits per heavy atom. The minimum absolute atomic E-state index is 0.108. The van der Waals surface area contributed by atoms with Crippen molar-refractivity contribution >= 4 is 0 Å². The number of hydrogen-bond donors (Lipinski definition) is 0. The Morgan fingerprint density at radius 2 is 1.75 bits per heavy atom. The second-order valence-corrected chi connectivity index (χ2v) is 3.52. The van der Waals surface area contributed by atoms with Crippen LogP contribution in [0, 0.1) is 11.3 Å². The Hall–Kier alpha value is -0.550. The zero-order valence-corrected chi connectivity index (χ0v) is 8.14. The van der Waals surface area contributed by atoms with Gasteiger partial charge in [-0.3, -0.25) is 4.90 Å². The first kappa shape index (κ1) is 9.54. The third-order valence-electron chi connectivity index (χ3n) is 3.01. The summed E-state index contributed by atoms with van der Waals surface area (Å²) in [4.78, 5) is 2.31. The lowest BCUT2D eigenvalue weighted by atomic mass is 9.97. The molecule has 0 aromatic heterocycles. The van der Waals surface area contributed by atoms with Gasteiger partial charge in [0.05, 0.1) is 6.07 Å². The average molecular weight is 166 g/mol. The highest BCUT2D eigenvalue weighted by molar-refractivity contribution is 5.10. The third kappa shape index (κ3) is 1.47. The molecule has 1 fully saturated rings. The van der Waals surface area contributed by atoms with E-state index >= 15 is 0 Å². The second kappa shape index (κ2) is 3.91. The van der Waals surface area contributed by atoms with Crippen LogP contribution in [-0.2, 0) is 0 Å². The monoisotopic (exact) mass is 166 g/mol. The van der Waals surface area contributed by atoms with E-state index in [9.17, 15) is 0 Å². The van der Waals surface area contributed by atoms with Crippen LogP contribution in [-0.4, -0.2) is 23.5 Å². The highest BCUT2D eigenvalue weighted by atomic mass is 15.2. The highest BCUT2D eigenvalue weighted by Gasteiger charge is 2.38. The topological polar surface area (TPSA) is 27.0 Å². The van der Waals surface area contributed by atoms with Crippen LogP contribution in [0.1, 0.15) is 39.5 Å². The Kier molecular flexibility index (Phi) is 3.11. The van der Waals surface area contributed by atoms with E-state index in [1.165, 1.54) is 12.8 Å². The van der Waals surface area contributed by atoms with Crippen LogP contribution in [0.3, 0.4) is 0 Å². The molecule has 1 aliphatic rings. The van der Waals surface area contributed by atoms with Crippen molar-refractivity contribution < 1.29 is 0 Å². The molecule has 2 nitrogen and oxygen atoms in total. The van der Waals surface area contributed by atoms with Gasteiger partial charge < -0.3 is 0 Å². The molecule has 0 saturated heterocycles. The Morgan fingerprint density at radius 3 is 2.08 bits per heavy atom.